The highest BCUT2D eigenvalue weighted by Crippen LogP contribution is 2.18. The average molecular weight is 199 g/mol. The molecule has 2 N–H and O–H groups in total. The Hall–Kier alpha value is -0.0800. The van der Waals surface area contributed by atoms with Crippen LogP contribution in [0.3, 0.4) is 0 Å². The van der Waals surface area contributed by atoms with Gasteiger partial charge in [0, 0.05) is 12.6 Å². The number of rotatable bonds is 6. The smallest absolute Gasteiger partial charge is 0.0576 e. The summed E-state index contributed by atoms with van der Waals surface area (Å²) < 4.78 is 5.58. The van der Waals surface area contributed by atoms with Crippen LogP contribution in [0.4, 0.5) is 0 Å². The predicted molar refractivity (Wildman–Crippen MR) is 60.3 cm³/mol. The van der Waals surface area contributed by atoms with Crippen LogP contribution in [0.2, 0.25) is 0 Å². The Bertz CT molecular complexity index is 141. The van der Waals surface area contributed by atoms with Crippen molar-refractivity contribution in [1.29, 1.82) is 0 Å². The SMILES string of the molecule is CC(C)CC(N)CCCC1CCCO1. The average Bonchev–Trinajstić information content (AvgIpc) is 2.55. The van der Waals surface area contributed by atoms with Gasteiger partial charge < -0.3 is 10.5 Å². The number of hydrogen-bond donors (Lipinski definition) is 1. The molecule has 0 aromatic carbocycles. The monoisotopic (exact) mass is 199 g/mol. The van der Waals surface area contributed by atoms with Gasteiger partial charge in [0.15, 0.2) is 0 Å². The minimum Gasteiger partial charge on any atom is -0.378 e. The summed E-state index contributed by atoms with van der Waals surface area (Å²) in [5, 5.41) is 0. The maximum atomic E-state index is 6.02. The van der Waals surface area contributed by atoms with Crippen LogP contribution in [0.25, 0.3) is 0 Å². The second-order valence-corrected chi connectivity index (χ2v) is 4.96. The molecule has 1 rings (SSSR count). The lowest BCUT2D eigenvalue weighted by Crippen LogP contribution is -2.22. The normalized spacial score (nSPS) is 24.4. The molecule has 1 aliphatic rings. The van der Waals surface area contributed by atoms with E-state index in [9.17, 15) is 0 Å². The third kappa shape index (κ3) is 4.97. The third-order valence-corrected chi connectivity index (χ3v) is 2.90. The van der Waals surface area contributed by atoms with Crippen molar-refractivity contribution in [3.8, 4) is 0 Å². The number of nitrogens with two attached hydrogens (primary N) is 1. The maximum absolute atomic E-state index is 6.02. The van der Waals surface area contributed by atoms with Crippen molar-refractivity contribution in [2.24, 2.45) is 11.7 Å². The summed E-state index contributed by atoms with van der Waals surface area (Å²) in [4.78, 5) is 0. The van der Waals surface area contributed by atoms with Crippen molar-refractivity contribution in [2.75, 3.05) is 6.61 Å². The molecule has 0 bridgehead atoms. The lowest BCUT2D eigenvalue weighted by molar-refractivity contribution is 0.101. The van der Waals surface area contributed by atoms with E-state index in [-0.39, 0.29) is 0 Å². The standard InChI is InChI=1S/C12H25NO/c1-10(2)9-11(13)5-3-6-12-7-4-8-14-12/h10-12H,3-9,13H2,1-2H3. The second-order valence-electron chi connectivity index (χ2n) is 4.96. The third-order valence-electron chi connectivity index (χ3n) is 2.90. The minimum absolute atomic E-state index is 0.399. The van der Waals surface area contributed by atoms with Crippen LogP contribution in [0, 0.1) is 5.92 Å². The Morgan fingerprint density at radius 1 is 1.43 bits per heavy atom. The van der Waals surface area contributed by atoms with Gasteiger partial charge in [0.25, 0.3) is 0 Å². The zero-order chi connectivity index (χ0) is 10.4. The summed E-state index contributed by atoms with van der Waals surface area (Å²) >= 11 is 0. The Labute approximate surface area is 88.2 Å². The predicted octanol–water partition coefficient (Wildman–Crippen LogP) is 2.71. The van der Waals surface area contributed by atoms with Crippen LogP contribution < -0.4 is 5.73 Å². The van der Waals surface area contributed by atoms with E-state index in [2.05, 4.69) is 13.8 Å². The highest BCUT2D eigenvalue weighted by molar-refractivity contribution is 4.68. The van der Waals surface area contributed by atoms with Gasteiger partial charge in [-0.1, -0.05) is 13.8 Å². The molecule has 0 aromatic heterocycles. The van der Waals surface area contributed by atoms with E-state index in [1.165, 1.54) is 25.7 Å². The van der Waals surface area contributed by atoms with E-state index >= 15 is 0 Å². The summed E-state index contributed by atoms with van der Waals surface area (Å²) in [6.07, 6.45) is 7.83. The molecular formula is C12H25NO. The molecule has 84 valence electrons. The van der Waals surface area contributed by atoms with Crippen LogP contribution in [0.5, 0.6) is 0 Å². The second kappa shape index (κ2) is 6.41. The molecule has 0 aromatic rings. The van der Waals surface area contributed by atoms with Gasteiger partial charge in [-0.2, -0.15) is 0 Å². The van der Waals surface area contributed by atoms with E-state index in [4.69, 9.17) is 10.5 Å². The van der Waals surface area contributed by atoms with Gasteiger partial charge in [0.2, 0.25) is 0 Å². The van der Waals surface area contributed by atoms with Gasteiger partial charge in [0.1, 0.15) is 0 Å². The highest BCUT2D eigenvalue weighted by Gasteiger charge is 2.15. The zero-order valence-corrected chi connectivity index (χ0v) is 9.67. The minimum atomic E-state index is 0.399. The van der Waals surface area contributed by atoms with Crippen molar-refractivity contribution >= 4 is 0 Å². The quantitative estimate of drug-likeness (QED) is 0.714. The molecule has 0 saturated carbocycles. The molecule has 1 fully saturated rings. The summed E-state index contributed by atoms with van der Waals surface area (Å²) in [6, 6.07) is 0.399. The molecule has 2 heteroatoms. The van der Waals surface area contributed by atoms with E-state index in [0.717, 1.165) is 25.4 Å². The van der Waals surface area contributed by atoms with Crippen molar-refractivity contribution in [2.45, 2.75) is 64.5 Å². The van der Waals surface area contributed by atoms with Crippen LogP contribution >= 0.6 is 0 Å². The lowest BCUT2D eigenvalue weighted by atomic mass is 9.98. The topological polar surface area (TPSA) is 35.2 Å². The van der Waals surface area contributed by atoms with E-state index < -0.39 is 0 Å². The van der Waals surface area contributed by atoms with Gasteiger partial charge in [-0.05, 0) is 44.4 Å². The van der Waals surface area contributed by atoms with Gasteiger partial charge in [-0.3, -0.25) is 0 Å². The molecule has 2 atom stereocenters. The van der Waals surface area contributed by atoms with Crippen molar-refractivity contribution < 1.29 is 4.74 Å². The molecule has 0 amide bonds. The fourth-order valence-electron chi connectivity index (χ4n) is 2.20. The highest BCUT2D eigenvalue weighted by atomic mass is 16.5. The number of hydrogen-bond acceptors (Lipinski definition) is 2. The van der Waals surface area contributed by atoms with E-state index in [1.54, 1.807) is 0 Å². The lowest BCUT2D eigenvalue weighted by Gasteiger charge is -2.15. The van der Waals surface area contributed by atoms with Gasteiger partial charge >= 0.3 is 0 Å². The largest absolute Gasteiger partial charge is 0.378 e. The van der Waals surface area contributed by atoms with Gasteiger partial charge in [0.05, 0.1) is 6.10 Å². The molecule has 0 radical (unpaired) electrons. The molecule has 1 heterocycles. The molecule has 2 nitrogen and oxygen atoms in total. The molecule has 2 unspecified atom stereocenters. The van der Waals surface area contributed by atoms with Gasteiger partial charge in [-0.15, -0.1) is 0 Å². The van der Waals surface area contributed by atoms with Crippen molar-refractivity contribution in [3.63, 3.8) is 0 Å². The van der Waals surface area contributed by atoms with Crippen LogP contribution in [-0.4, -0.2) is 18.8 Å². The van der Waals surface area contributed by atoms with Crippen molar-refractivity contribution in [3.05, 3.63) is 0 Å². The van der Waals surface area contributed by atoms with Crippen LogP contribution in [-0.2, 0) is 4.74 Å². The Kier molecular flexibility index (Phi) is 5.49. The first-order chi connectivity index (χ1) is 6.68. The Morgan fingerprint density at radius 2 is 2.21 bits per heavy atom. The molecule has 14 heavy (non-hydrogen) atoms. The first kappa shape index (κ1) is 12.0. The molecule has 0 aliphatic carbocycles. The summed E-state index contributed by atoms with van der Waals surface area (Å²) in [5.74, 6) is 0.729. The van der Waals surface area contributed by atoms with Crippen LogP contribution in [0.15, 0.2) is 0 Å². The zero-order valence-electron chi connectivity index (χ0n) is 9.67. The molecular weight excluding hydrogens is 174 g/mol. The maximum Gasteiger partial charge on any atom is 0.0576 e. The van der Waals surface area contributed by atoms with Crippen molar-refractivity contribution in [1.82, 2.24) is 0 Å². The van der Waals surface area contributed by atoms with E-state index in [1.807, 2.05) is 0 Å². The first-order valence-corrected chi connectivity index (χ1v) is 6.05. The Balaban J connectivity index is 1.96. The fourth-order valence-corrected chi connectivity index (χ4v) is 2.20. The van der Waals surface area contributed by atoms with Crippen LogP contribution in [0.1, 0.15) is 52.4 Å². The molecule has 1 aliphatic heterocycles. The molecule has 1 saturated heterocycles. The fraction of sp³-hybridized carbons (Fsp3) is 1.00. The first-order valence-electron chi connectivity index (χ1n) is 6.05. The van der Waals surface area contributed by atoms with Gasteiger partial charge in [-0.25, -0.2) is 0 Å². The van der Waals surface area contributed by atoms with E-state index in [0.29, 0.717) is 12.1 Å². The molecule has 0 spiro atoms. The summed E-state index contributed by atoms with van der Waals surface area (Å²) in [5.41, 5.74) is 6.02. The number of ether oxygens (including phenoxy) is 1. The summed E-state index contributed by atoms with van der Waals surface area (Å²) in [7, 11) is 0. The summed E-state index contributed by atoms with van der Waals surface area (Å²) in [6.45, 7) is 5.45. The Morgan fingerprint density at radius 3 is 2.79 bits per heavy atom.